The molecule has 4 nitrogen and oxygen atoms in total. The van der Waals surface area contributed by atoms with Crippen molar-refractivity contribution in [2.45, 2.75) is 23.9 Å². The van der Waals surface area contributed by atoms with Crippen molar-refractivity contribution in [2.24, 2.45) is 0 Å². The van der Waals surface area contributed by atoms with Crippen molar-refractivity contribution in [1.82, 2.24) is 4.31 Å². The summed E-state index contributed by atoms with van der Waals surface area (Å²) < 4.78 is 31.5. The second kappa shape index (κ2) is 6.40. The van der Waals surface area contributed by atoms with Crippen LogP contribution in [0.15, 0.2) is 45.9 Å². The Bertz CT molecular complexity index is 727. The van der Waals surface area contributed by atoms with E-state index < -0.39 is 10.0 Å². The van der Waals surface area contributed by atoms with Crippen LogP contribution in [0.1, 0.15) is 24.3 Å². The number of alkyl halides is 1. The molecular formula is C14H15Cl2NO3S. The smallest absolute Gasteiger partial charge is 0.276 e. The molecule has 0 bridgehead atoms. The van der Waals surface area contributed by atoms with Gasteiger partial charge in [-0.15, -0.1) is 11.6 Å². The third-order valence-corrected chi connectivity index (χ3v) is 5.58. The van der Waals surface area contributed by atoms with Crippen molar-refractivity contribution >= 4 is 33.2 Å². The zero-order valence-corrected chi connectivity index (χ0v) is 13.9. The van der Waals surface area contributed by atoms with Crippen LogP contribution in [0.2, 0.25) is 5.02 Å². The van der Waals surface area contributed by atoms with E-state index in [-0.39, 0.29) is 17.0 Å². The Morgan fingerprint density at radius 2 is 2.00 bits per heavy atom. The predicted octanol–water partition coefficient (Wildman–Crippen LogP) is 4.05. The normalized spacial score (nSPS) is 13.6. The Labute approximate surface area is 134 Å². The minimum atomic E-state index is -3.72. The highest BCUT2D eigenvalue weighted by molar-refractivity contribution is 7.89. The van der Waals surface area contributed by atoms with E-state index in [1.807, 2.05) is 6.07 Å². The lowest BCUT2D eigenvalue weighted by Gasteiger charge is -2.23. The first-order chi connectivity index (χ1) is 9.86. The zero-order chi connectivity index (χ0) is 15.6. The molecule has 2 rings (SSSR count). The highest BCUT2D eigenvalue weighted by Gasteiger charge is 2.29. The molecule has 1 aromatic heterocycles. The summed E-state index contributed by atoms with van der Waals surface area (Å²) >= 11 is 11.6. The predicted molar refractivity (Wildman–Crippen MR) is 83.1 cm³/mol. The summed E-state index contributed by atoms with van der Waals surface area (Å²) in [6.07, 6.45) is 0. The number of furan rings is 1. The lowest BCUT2D eigenvalue weighted by molar-refractivity contribution is 0.363. The Balaban J connectivity index is 2.31. The largest absolute Gasteiger partial charge is 0.447 e. The molecule has 0 fully saturated rings. The fraction of sp³-hybridized carbons (Fsp3) is 0.286. The summed E-state index contributed by atoms with van der Waals surface area (Å²) in [7, 11) is -2.22. The second-order valence-electron chi connectivity index (χ2n) is 4.61. The van der Waals surface area contributed by atoms with Crippen LogP contribution >= 0.6 is 23.2 Å². The number of hydrogen-bond acceptors (Lipinski definition) is 3. The third kappa shape index (κ3) is 3.43. The summed E-state index contributed by atoms with van der Waals surface area (Å²) in [4.78, 5) is 0. The lowest BCUT2D eigenvalue weighted by Crippen LogP contribution is -2.29. The van der Waals surface area contributed by atoms with E-state index in [4.69, 9.17) is 27.6 Å². The topological polar surface area (TPSA) is 50.5 Å². The SMILES string of the molecule is CC(c1cccc(Cl)c1)N(C)S(=O)(=O)c1ccc(CCl)o1. The molecule has 1 aromatic carbocycles. The molecule has 0 radical (unpaired) electrons. The van der Waals surface area contributed by atoms with E-state index in [0.29, 0.717) is 10.8 Å². The van der Waals surface area contributed by atoms with E-state index in [1.54, 1.807) is 31.2 Å². The van der Waals surface area contributed by atoms with Gasteiger partial charge in [0.15, 0.2) is 0 Å². The summed E-state index contributed by atoms with van der Waals surface area (Å²) in [5.74, 6) is 0.544. The van der Waals surface area contributed by atoms with Crippen molar-refractivity contribution in [3.05, 3.63) is 52.7 Å². The van der Waals surface area contributed by atoms with Crippen molar-refractivity contribution in [2.75, 3.05) is 7.05 Å². The second-order valence-corrected chi connectivity index (χ2v) is 7.24. The summed E-state index contributed by atoms with van der Waals surface area (Å²) in [5.41, 5.74) is 0.803. The molecule has 0 aliphatic carbocycles. The standard InChI is InChI=1S/C14H15Cl2NO3S/c1-10(11-4-3-5-12(16)8-11)17(2)21(18,19)14-7-6-13(9-15)20-14/h3-8,10H,9H2,1-2H3. The molecule has 1 unspecified atom stereocenters. The molecular weight excluding hydrogens is 333 g/mol. The van der Waals surface area contributed by atoms with Gasteiger partial charge in [0, 0.05) is 18.1 Å². The third-order valence-electron chi connectivity index (χ3n) is 3.28. The molecule has 1 atom stereocenters. The monoisotopic (exact) mass is 347 g/mol. The summed E-state index contributed by atoms with van der Waals surface area (Å²) in [6, 6.07) is 9.68. The maximum atomic E-state index is 12.5. The van der Waals surface area contributed by atoms with Crippen LogP contribution in [0, 0.1) is 0 Å². The zero-order valence-electron chi connectivity index (χ0n) is 11.6. The maximum absolute atomic E-state index is 12.5. The van der Waals surface area contributed by atoms with Crippen LogP contribution in [0.25, 0.3) is 0 Å². The van der Waals surface area contributed by atoms with E-state index in [9.17, 15) is 8.42 Å². The van der Waals surface area contributed by atoms with Gasteiger partial charge >= 0.3 is 0 Å². The Hall–Kier alpha value is -1.01. The highest BCUT2D eigenvalue weighted by Crippen LogP contribution is 2.28. The average molecular weight is 348 g/mol. The van der Waals surface area contributed by atoms with Gasteiger partial charge in [-0.25, -0.2) is 8.42 Å². The Morgan fingerprint density at radius 3 is 2.57 bits per heavy atom. The molecule has 0 amide bonds. The first-order valence-corrected chi connectivity index (χ1v) is 8.59. The molecule has 0 saturated heterocycles. The Morgan fingerprint density at radius 1 is 1.29 bits per heavy atom. The molecule has 0 saturated carbocycles. The molecule has 21 heavy (non-hydrogen) atoms. The number of sulfonamides is 1. The van der Waals surface area contributed by atoms with Crippen LogP contribution in [0.5, 0.6) is 0 Å². The number of nitrogens with zero attached hydrogens (tertiary/aromatic N) is 1. The molecule has 7 heteroatoms. The number of halogens is 2. The first kappa shape index (κ1) is 16.4. The number of benzene rings is 1. The van der Waals surface area contributed by atoms with Crippen molar-refractivity contribution < 1.29 is 12.8 Å². The number of rotatable bonds is 5. The average Bonchev–Trinajstić information content (AvgIpc) is 2.95. The van der Waals surface area contributed by atoms with Gasteiger partial charge in [-0.2, -0.15) is 4.31 Å². The molecule has 0 aliphatic rings. The number of hydrogen-bond donors (Lipinski definition) is 0. The van der Waals surface area contributed by atoms with Crippen molar-refractivity contribution in [3.63, 3.8) is 0 Å². The van der Waals surface area contributed by atoms with E-state index in [2.05, 4.69) is 0 Å². The molecule has 0 spiro atoms. The Kier molecular flexibility index (Phi) is 4.99. The maximum Gasteiger partial charge on any atom is 0.276 e. The van der Waals surface area contributed by atoms with Gasteiger partial charge in [-0.1, -0.05) is 23.7 Å². The fourth-order valence-electron chi connectivity index (χ4n) is 1.90. The summed E-state index contributed by atoms with van der Waals surface area (Å²) in [5, 5.41) is 0.446. The fourth-order valence-corrected chi connectivity index (χ4v) is 3.51. The van der Waals surface area contributed by atoms with Crippen LogP contribution < -0.4 is 0 Å². The lowest BCUT2D eigenvalue weighted by atomic mass is 10.1. The van der Waals surface area contributed by atoms with Gasteiger partial charge in [0.2, 0.25) is 5.09 Å². The van der Waals surface area contributed by atoms with Crippen molar-refractivity contribution in [3.8, 4) is 0 Å². The van der Waals surface area contributed by atoms with Crippen molar-refractivity contribution in [1.29, 1.82) is 0 Å². The van der Waals surface area contributed by atoms with E-state index >= 15 is 0 Å². The van der Waals surface area contributed by atoms with Crippen LogP contribution in [0.3, 0.4) is 0 Å². The molecule has 0 N–H and O–H groups in total. The minimum Gasteiger partial charge on any atom is -0.447 e. The van der Waals surface area contributed by atoms with Crippen LogP contribution in [-0.4, -0.2) is 19.8 Å². The van der Waals surface area contributed by atoms with E-state index in [0.717, 1.165) is 5.56 Å². The van der Waals surface area contributed by atoms with Gasteiger partial charge < -0.3 is 4.42 Å². The van der Waals surface area contributed by atoms with Crippen LogP contribution in [0.4, 0.5) is 0 Å². The van der Waals surface area contributed by atoms with E-state index in [1.165, 1.54) is 17.4 Å². The molecule has 1 heterocycles. The van der Waals surface area contributed by atoms with Gasteiger partial charge in [-0.3, -0.25) is 0 Å². The minimum absolute atomic E-state index is 0.116. The quantitative estimate of drug-likeness (QED) is 0.766. The van der Waals surface area contributed by atoms with Gasteiger partial charge in [0.25, 0.3) is 10.0 Å². The first-order valence-electron chi connectivity index (χ1n) is 6.24. The highest BCUT2D eigenvalue weighted by atomic mass is 35.5. The molecule has 2 aromatic rings. The molecule has 0 aliphatic heterocycles. The van der Waals surface area contributed by atoms with Gasteiger partial charge in [-0.05, 0) is 36.8 Å². The molecule has 114 valence electrons. The van der Waals surface area contributed by atoms with Gasteiger partial charge in [0.1, 0.15) is 5.76 Å². The van der Waals surface area contributed by atoms with Crippen LogP contribution in [-0.2, 0) is 15.9 Å². The summed E-state index contributed by atoms with van der Waals surface area (Å²) in [6.45, 7) is 1.79. The van der Waals surface area contributed by atoms with Gasteiger partial charge in [0.05, 0.1) is 5.88 Å².